The fraction of sp³-hybridized carbons (Fsp3) is 0.375. The lowest BCUT2D eigenvalue weighted by molar-refractivity contribution is 0.134. The lowest BCUT2D eigenvalue weighted by Crippen LogP contribution is -2.32. The third-order valence-electron chi connectivity index (χ3n) is 4.19. The summed E-state index contributed by atoms with van der Waals surface area (Å²) in [5.41, 5.74) is 0. The van der Waals surface area contributed by atoms with Gasteiger partial charge in [0.2, 0.25) is 10.0 Å². The van der Waals surface area contributed by atoms with Crippen molar-refractivity contribution in [2.45, 2.75) is 30.3 Å². The Morgan fingerprint density at radius 2 is 1.86 bits per heavy atom. The summed E-state index contributed by atoms with van der Waals surface area (Å²) in [6.45, 7) is 0.298. The van der Waals surface area contributed by atoms with Crippen LogP contribution < -0.4 is 4.72 Å². The lowest BCUT2D eigenvalue weighted by atomic mass is 10.1. The molecule has 0 amide bonds. The third kappa shape index (κ3) is 2.95. The van der Waals surface area contributed by atoms with Crippen LogP contribution in [-0.4, -0.2) is 26.2 Å². The molecule has 0 spiro atoms. The molecule has 0 aromatic heterocycles. The third-order valence-corrected chi connectivity index (χ3v) is 5.68. The highest BCUT2D eigenvalue weighted by Crippen LogP contribution is 2.26. The van der Waals surface area contributed by atoms with Gasteiger partial charge in [-0.05, 0) is 30.2 Å². The second-order valence-corrected chi connectivity index (χ2v) is 7.32. The Bertz CT molecular complexity index is 737. The Hall–Kier alpha value is -1.43. The zero-order valence-corrected chi connectivity index (χ0v) is 12.5. The standard InChI is InChI=1S/C16H19NO3S/c18-15-9-3-7-13(15)11-17-21(19,20)16-10-4-6-12-5-1-2-8-14(12)16/h1-2,4-6,8,10,13,15,17-18H,3,7,9,11H2/t13-,15+/m1/s1. The van der Waals surface area contributed by atoms with E-state index >= 15 is 0 Å². The normalized spacial score (nSPS) is 22.7. The molecule has 5 heteroatoms. The molecule has 112 valence electrons. The minimum absolute atomic E-state index is 0.0229. The second-order valence-electron chi connectivity index (χ2n) is 5.59. The Morgan fingerprint density at radius 1 is 1.10 bits per heavy atom. The zero-order valence-electron chi connectivity index (χ0n) is 11.7. The van der Waals surface area contributed by atoms with E-state index in [1.165, 1.54) is 0 Å². The molecule has 2 aromatic carbocycles. The summed E-state index contributed by atoms with van der Waals surface area (Å²) in [5.74, 6) is 0.0229. The maximum Gasteiger partial charge on any atom is 0.241 e. The van der Waals surface area contributed by atoms with Crippen molar-refractivity contribution in [3.8, 4) is 0 Å². The molecule has 0 aliphatic heterocycles. The molecule has 2 aromatic rings. The van der Waals surface area contributed by atoms with Gasteiger partial charge in [0.25, 0.3) is 0 Å². The maximum absolute atomic E-state index is 12.5. The van der Waals surface area contributed by atoms with E-state index < -0.39 is 10.0 Å². The number of rotatable bonds is 4. The van der Waals surface area contributed by atoms with Crippen LogP contribution in [0.2, 0.25) is 0 Å². The van der Waals surface area contributed by atoms with Gasteiger partial charge in [-0.2, -0.15) is 0 Å². The number of fused-ring (bicyclic) bond motifs is 1. The molecule has 1 aliphatic rings. The Kier molecular flexibility index (Phi) is 3.97. The first-order chi connectivity index (χ1) is 10.1. The predicted octanol–water partition coefficient (Wildman–Crippen LogP) is 2.28. The van der Waals surface area contributed by atoms with Crippen LogP contribution in [0.25, 0.3) is 10.8 Å². The number of hydrogen-bond acceptors (Lipinski definition) is 3. The van der Waals surface area contributed by atoms with Crippen LogP contribution in [0.3, 0.4) is 0 Å². The number of benzene rings is 2. The van der Waals surface area contributed by atoms with Crippen molar-refractivity contribution in [3.05, 3.63) is 42.5 Å². The first kappa shape index (κ1) is 14.5. The van der Waals surface area contributed by atoms with Crippen LogP contribution in [-0.2, 0) is 10.0 Å². The van der Waals surface area contributed by atoms with Gasteiger partial charge in [0, 0.05) is 11.9 Å². The van der Waals surface area contributed by atoms with Crippen molar-refractivity contribution in [2.75, 3.05) is 6.54 Å². The van der Waals surface area contributed by atoms with E-state index in [1.807, 2.05) is 30.3 Å². The van der Waals surface area contributed by atoms with Crippen molar-refractivity contribution in [3.63, 3.8) is 0 Å². The van der Waals surface area contributed by atoms with Gasteiger partial charge in [-0.15, -0.1) is 0 Å². The van der Waals surface area contributed by atoms with Crippen LogP contribution in [0.5, 0.6) is 0 Å². The molecule has 0 unspecified atom stereocenters. The first-order valence-corrected chi connectivity index (χ1v) is 8.72. The van der Waals surface area contributed by atoms with Gasteiger partial charge in [-0.3, -0.25) is 0 Å². The fourth-order valence-corrected chi connectivity index (χ4v) is 4.30. The van der Waals surface area contributed by atoms with Crippen molar-refractivity contribution in [1.82, 2.24) is 4.72 Å². The number of aliphatic hydroxyl groups excluding tert-OH is 1. The maximum atomic E-state index is 12.5. The van der Waals surface area contributed by atoms with Crippen molar-refractivity contribution in [2.24, 2.45) is 5.92 Å². The number of nitrogens with one attached hydrogen (secondary N) is 1. The largest absolute Gasteiger partial charge is 0.393 e. The van der Waals surface area contributed by atoms with E-state index in [-0.39, 0.29) is 12.0 Å². The molecule has 3 rings (SSSR count). The van der Waals surface area contributed by atoms with Gasteiger partial charge in [0.05, 0.1) is 11.0 Å². The molecule has 4 nitrogen and oxygen atoms in total. The van der Waals surface area contributed by atoms with Gasteiger partial charge in [0.1, 0.15) is 0 Å². The molecule has 0 radical (unpaired) electrons. The molecule has 0 bridgehead atoms. The highest BCUT2D eigenvalue weighted by molar-refractivity contribution is 7.89. The average Bonchev–Trinajstić information content (AvgIpc) is 2.90. The van der Waals surface area contributed by atoms with Gasteiger partial charge in [0.15, 0.2) is 0 Å². The van der Waals surface area contributed by atoms with Gasteiger partial charge >= 0.3 is 0 Å². The Balaban J connectivity index is 1.86. The molecule has 1 fully saturated rings. The smallest absolute Gasteiger partial charge is 0.241 e. The van der Waals surface area contributed by atoms with Crippen LogP contribution in [0.4, 0.5) is 0 Å². The van der Waals surface area contributed by atoms with E-state index in [0.717, 1.165) is 30.0 Å². The SMILES string of the molecule is O=S(=O)(NC[C@H]1CCC[C@@H]1O)c1cccc2ccccc12. The second kappa shape index (κ2) is 5.75. The summed E-state index contributed by atoms with van der Waals surface area (Å²) in [6, 6.07) is 12.7. The summed E-state index contributed by atoms with van der Waals surface area (Å²) >= 11 is 0. The van der Waals surface area contributed by atoms with Crippen molar-refractivity contribution in [1.29, 1.82) is 0 Å². The molecule has 2 N–H and O–H groups in total. The van der Waals surface area contributed by atoms with E-state index in [2.05, 4.69) is 4.72 Å². The van der Waals surface area contributed by atoms with Gasteiger partial charge in [-0.1, -0.05) is 42.8 Å². The summed E-state index contributed by atoms with van der Waals surface area (Å²) in [4.78, 5) is 0.299. The van der Waals surface area contributed by atoms with Crippen molar-refractivity contribution >= 4 is 20.8 Å². The molecule has 0 saturated heterocycles. The van der Waals surface area contributed by atoms with Crippen LogP contribution in [0.1, 0.15) is 19.3 Å². The molecule has 0 heterocycles. The lowest BCUT2D eigenvalue weighted by Gasteiger charge is -2.16. The van der Waals surface area contributed by atoms with E-state index in [4.69, 9.17) is 0 Å². The van der Waals surface area contributed by atoms with E-state index in [0.29, 0.717) is 11.4 Å². The highest BCUT2D eigenvalue weighted by Gasteiger charge is 2.27. The topological polar surface area (TPSA) is 66.4 Å². The molecular formula is C16H19NO3S. The summed E-state index contributed by atoms with van der Waals surface area (Å²) in [7, 11) is -3.56. The Labute approximate surface area is 124 Å². The molecular weight excluding hydrogens is 286 g/mol. The summed E-state index contributed by atoms with van der Waals surface area (Å²) in [5, 5.41) is 11.4. The zero-order chi connectivity index (χ0) is 14.9. The number of sulfonamides is 1. The average molecular weight is 305 g/mol. The first-order valence-electron chi connectivity index (χ1n) is 7.23. The van der Waals surface area contributed by atoms with E-state index in [1.54, 1.807) is 12.1 Å². The highest BCUT2D eigenvalue weighted by atomic mass is 32.2. The Morgan fingerprint density at radius 3 is 2.62 bits per heavy atom. The van der Waals surface area contributed by atoms with Gasteiger partial charge in [-0.25, -0.2) is 13.1 Å². The van der Waals surface area contributed by atoms with Crippen molar-refractivity contribution < 1.29 is 13.5 Å². The minimum atomic E-state index is -3.56. The van der Waals surface area contributed by atoms with E-state index in [9.17, 15) is 13.5 Å². The minimum Gasteiger partial charge on any atom is -0.393 e. The van der Waals surface area contributed by atoms with Gasteiger partial charge < -0.3 is 5.11 Å². The summed E-state index contributed by atoms with van der Waals surface area (Å²) < 4.78 is 27.7. The molecule has 21 heavy (non-hydrogen) atoms. The quantitative estimate of drug-likeness (QED) is 0.910. The fourth-order valence-electron chi connectivity index (χ4n) is 2.98. The number of hydrogen-bond donors (Lipinski definition) is 2. The van der Waals surface area contributed by atoms with Crippen LogP contribution in [0.15, 0.2) is 47.4 Å². The molecule has 1 aliphatic carbocycles. The molecule has 1 saturated carbocycles. The number of aliphatic hydroxyl groups is 1. The van der Waals surface area contributed by atoms with Crippen LogP contribution >= 0.6 is 0 Å². The summed E-state index contributed by atoms with van der Waals surface area (Å²) in [6.07, 6.45) is 2.21. The van der Waals surface area contributed by atoms with Crippen LogP contribution in [0, 0.1) is 5.92 Å². The predicted molar refractivity (Wildman–Crippen MR) is 82.5 cm³/mol. The molecule has 2 atom stereocenters. The monoisotopic (exact) mass is 305 g/mol.